The summed E-state index contributed by atoms with van der Waals surface area (Å²) in [5, 5.41) is 0. The summed E-state index contributed by atoms with van der Waals surface area (Å²) in [6.45, 7) is 1.37. The summed E-state index contributed by atoms with van der Waals surface area (Å²) >= 11 is 2.86. The van der Waals surface area contributed by atoms with Crippen LogP contribution in [0, 0.1) is 0 Å². The molecule has 0 radical (unpaired) electrons. The normalized spacial score (nSPS) is 38.6. The summed E-state index contributed by atoms with van der Waals surface area (Å²) in [6, 6.07) is -0.507. The van der Waals surface area contributed by atoms with E-state index in [2.05, 4.69) is 12.2 Å². The lowest BCUT2D eigenvalue weighted by atomic mass is 9.96. The molecule has 6 nitrogen and oxygen atoms in total. The molecule has 3 heterocycles. The number of rotatable bonds is 3. The van der Waals surface area contributed by atoms with Crippen molar-refractivity contribution in [1.82, 2.24) is 9.80 Å². The van der Waals surface area contributed by atoms with Crippen LogP contribution in [-0.4, -0.2) is 68.0 Å². The van der Waals surface area contributed by atoms with E-state index in [1.807, 2.05) is 41.7 Å². The average Bonchev–Trinajstić information content (AvgIpc) is 3.27. The van der Waals surface area contributed by atoms with Crippen molar-refractivity contribution in [2.24, 2.45) is 0 Å². The summed E-state index contributed by atoms with van der Waals surface area (Å²) in [6.07, 6.45) is 16.7. The van der Waals surface area contributed by atoms with Gasteiger partial charge >= 0.3 is 5.97 Å². The lowest BCUT2D eigenvalue weighted by Gasteiger charge is -2.54. The third-order valence-corrected chi connectivity index (χ3v) is 9.26. The Morgan fingerprint density at radius 2 is 1.67 bits per heavy atom. The van der Waals surface area contributed by atoms with Gasteiger partial charge < -0.3 is 14.5 Å². The van der Waals surface area contributed by atoms with Gasteiger partial charge in [-0.25, -0.2) is 0 Å². The Kier molecular flexibility index (Phi) is 4.52. The lowest BCUT2D eigenvalue weighted by Crippen LogP contribution is -2.74. The van der Waals surface area contributed by atoms with Gasteiger partial charge in [0, 0.05) is 19.8 Å². The van der Waals surface area contributed by atoms with Crippen molar-refractivity contribution in [3.63, 3.8) is 0 Å². The molecule has 0 aromatic carbocycles. The van der Waals surface area contributed by atoms with Crippen molar-refractivity contribution < 1.29 is 19.1 Å². The largest absolute Gasteiger partial charge is 0.456 e. The summed E-state index contributed by atoms with van der Waals surface area (Å²) < 4.78 is 5.58. The predicted molar refractivity (Wildman–Crippen MR) is 118 cm³/mol. The first-order chi connectivity index (χ1) is 14.4. The van der Waals surface area contributed by atoms with E-state index < -0.39 is 27.9 Å². The van der Waals surface area contributed by atoms with Gasteiger partial charge in [0.05, 0.1) is 12.1 Å². The van der Waals surface area contributed by atoms with Gasteiger partial charge in [0.2, 0.25) is 0 Å². The Morgan fingerprint density at radius 1 is 1.03 bits per heavy atom. The van der Waals surface area contributed by atoms with E-state index in [0.717, 1.165) is 17.6 Å². The number of nitrogens with zero attached hydrogens (tertiary/aromatic N) is 2. The first-order valence-corrected chi connectivity index (χ1v) is 12.5. The van der Waals surface area contributed by atoms with Gasteiger partial charge in [-0.05, 0) is 36.2 Å². The molecule has 3 fully saturated rings. The van der Waals surface area contributed by atoms with Gasteiger partial charge in [0.15, 0.2) is 9.74 Å². The van der Waals surface area contributed by atoms with E-state index in [1.54, 1.807) is 4.90 Å². The molecule has 0 spiro atoms. The Bertz CT molecular complexity index is 970. The van der Waals surface area contributed by atoms with Crippen LogP contribution in [0.25, 0.3) is 0 Å². The highest BCUT2D eigenvalue weighted by molar-refractivity contribution is 8.01. The zero-order valence-corrected chi connectivity index (χ0v) is 18.8. The topological polar surface area (TPSA) is 66.9 Å². The molecule has 5 atom stereocenters. The second-order valence-electron chi connectivity index (χ2n) is 8.25. The number of allylic oxidation sites excluding steroid dienone is 4. The Morgan fingerprint density at radius 3 is 2.37 bits per heavy atom. The quantitative estimate of drug-likeness (QED) is 0.624. The molecule has 0 aromatic heterocycles. The fourth-order valence-corrected chi connectivity index (χ4v) is 7.60. The van der Waals surface area contributed by atoms with E-state index in [4.69, 9.17) is 4.74 Å². The second kappa shape index (κ2) is 6.79. The van der Waals surface area contributed by atoms with Crippen molar-refractivity contribution in [2.75, 3.05) is 12.5 Å². The number of hydrogen-bond donors (Lipinski definition) is 0. The molecule has 0 N–H and O–H groups in total. The van der Waals surface area contributed by atoms with Crippen molar-refractivity contribution in [2.45, 2.75) is 54.1 Å². The summed E-state index contributed by atoms with van der Waals surface area (Å²) in [5.41, 5.74) is 2.11. The predicted octanol–water partition coefficient (Wildman–Crippen LogP) is 2.63. The van der Waals surface area contributed by atoms with E-state index >= 15 is 0 Å². The number of amides is 2. The van der Waals surface area contributed by atoms with Crippen LogP contribution in [0.5, 0.6) is 0 Å². The van der Waals surface area contributed by atoms with E-state index in [-0.39, 0.29) is 17.9 Å². The Balaban J connectivity index is 1.66. The number of carbonyl (C=O) groups is 3. The van der Waals surface area contributed by atoms with Gasteiger partial charge in [-0.2, -0.15) is 0 Å². The molecule has 2 amide bonds. The fraction of sp³-hybridized carbons (Fsp3) is 0.500. The van der Waals surface area contributed by atoms with Crippen LogP contribution in [0.15, 0.2) is 47.6 Å². The summed E-state index contributed by atoms with van der Waals surface area (Å²) in [7, 11) is 0. The highest BCUT2D eigenvalue weighted by Gasteiger charge is 2.71. The molecule has 3 saturated heterocycles. The highest BCUT2D eigenvalue weighted by atomic mass is 32.2. The molecule has 2 aliphatic carbocycles. The maximum atomic E-state index is 14.2. The molecule has 5 rings (SSSR count). The third-order valence-electron chi connectivity index (χ3n) is 6.87. The van der Waals surface area contributed by atoms with E-state index in [1.165, 1.54) is 30.4 Å². The number of carbonyl (C=O) groups excluding carboxylic acids is 3. The minimum atomic E-state index is -1.01. The zero-order valence-electron chi connectivity index (χ0n) is 17.2. The number of hydrogen-bond acceptors (Lipinski definition) is 6. The lowest BCUT2D eigenvalue weighted by molar-refractivity contribution is -0.168. The number of thioether (sulfide) groups is 2. The van der Waals surface area contributed by atoms with E-state index in [0.29, 0.717) is 12.8 Å². The molecule has 0 unspecified atom stereocenters. The number of ether oxygens (including phenoxy) is 1. The molecular formula is C22H24N2O4S2. The minimum Gasteiger partial charge on any atom is -0.456 e. The van der Waals surface area contributed by atoms with Gasteiger partial charge in [0.1, 0.15) is 6.10 Å². The molecule has 0 aromatic rings. The highest BCUT2D eigenvalue weighted by Crippen LogP contribution is 2.59. The standard InChI is InChI=1S/C22H24N2O4S2/c1-13(25)28-17-10-6-8-15-12-22(30-3)19(26)23-16-9-5-4-7-14(16)11-21(23,29-2)20(27)24(22)18(15)17/h4-8,10,16-18H,9,11-12H2,1-3H3/t16-,17+,18+,21-,22-/m1/s1. The van der Waals surface area contributed by atoms with Crippen LogP contribution in [0.3, 0.4) is 0 Å². The monoisotopic (exact) mass is 444 g/mol. The number of esters is 1. The number of piperazine rings is 1. The molecule has 3 aliphatic heterocycles. The average molecular weight is 445 g/mol. The van der Waals surface area contributed by atoms with Crippen molar-refractivity contribution in [3.8, 4) is 0 Å². The van der Waals surface area contributed by atoms with Crippen LogP contribution in [-0.2, 0) is 19.1 Å². The Labute approximate surface area is 184 Å². The van der Waals surface area contributed by atoms with Gasteiger partial charge in [-0.3, -0.25) is 14.4 Å². The zero-order chi connectivity index (χ0) is 21.3. The van der Waals surface area contributed by atoms with Crippen molar-refractivity contribution >= 4 is 41.3 Å². The fourth-order valence-electron chi connectivity index (χ4n) is 5.63. The molecule has 158 valence electrons. The molecule has 5 aliphatic rings. The molecular weight excluding hydrogens is 420 g/mol. The maximum absolute atomic E-state index is 14.2. The van der Waals surface area contributed by atoms with Crippen LogP contribution in [0.4, 0.5) is 0 Å². The second-order valence-corrected chi connectivity index (χ2v) is 10.4. The van der Waals surface area contributed by atoms with Gasteiger partial charge in [-0.1, -0.05) is 30.4 Å². The van der Waals surface area contributed by atoms with E-state index in [9.17, 15) is 14.4 Å². The van der Waals surface area contributed by atoms with Gasteiger partial charge in [-0.15, -0.1) is 23.5 Å². The molecule has 0 bridgehead atoms. The van der Waals surface area contributed by atoms with Crippen LogP contribution in [0.1, 0.15) is 26.2 Å². The third kappa shape index (κ3) is 2.37. The van der Waals surface area contributed by atoms with Crippen molar-refractivity contribution in [3.05, 3.63) is 47.6 Å². The molecule has 8 heteroatoms. The molecule has 30 heavy (non-hydrogen) atoms. The summed E-state index contributed by atoms with van der Waals surface area (Å²) in [5.74, 6) is -0.461. The smallest absolute Gasteiger partial charge is 0.303 e. The van der Waals surface area contributed by atoms with Crippen LogP contribution >= 0.6 is 23.5 Å². The van der Waals surface area contributed by atoms with Crippen LogP contribution in [0.2, 0.25) is 0 Å². The minimum absolute atomic E-state index is 0.00970. The van der Waals surface area contributed by atoms with Crippen molar-refractivity contribution in [1.29, 1.82) is 0 Å². The maximum Gasteiger partial charge on any atom is 0.303 e. The first-order valence-electron chi connectivity index (χ1n) is 10.1. The Hall–Kier alpha value is -1.93. The van der Waals surface area contributed by atoms with Crippen LogP contribution < -0.4 is 0 Å². The summed E-state index contributed by atoms with van der Waals surface area (Å²) in [4.78, 5) is 41.8. The SMILES string of the molecule is CS[C@@]12CC3=CC=CC[C@H]3N1C(=O)[C@]1(SC)CC3=CC=C[C@H](OC(C)=O)[C@H]3N1C2=O. The first kappa shape index (κ1) is 20.0. The van der Waals surface area contributed by atoms with Gasteiger partial charge in [0.25, 0.3) is 11.8 Å². The molecule has 0 saturated carbocycles. The number of fused-ring (bicyclic) bond motifs is 6.